The molecular weight excluding hydrogens is 473 g/mol. The molecule has 182 valence electrons. The topological polar surface area (TPSA) is 108 Å². The van der Waals surface area contributed by atoms with Crippen molar-refractivity contribution in [3.8, 4) is 11.5 Å². The van der Waals surface area contributed by atoms with Gasteiger partial charge < -0.3 is 14.2 Å². The minimum atomic E-state index is -4.94. The summed E-state index contributed by atoms with van der Waals surface area (Å²) in [6.45, 7) is -0.150. The molecule has 3 aromatic rings. The lowest BCUT2D eigenvalue weighted by atomic mass is 10.1. The maximum atomic E-state index is 13.0. The normalized spacial score (nSPS) is 10.9. The molecule has 0 atom stereocenters. The summed E-state index contributed by atoms with van der Waals surface area (Å²) in [5.41, 5.74) is 0.581. The molecule has 35 heavy (non-hydrogen) atoms. The van der Waals surface area contributed by atoms with E-state index in [9.17, 15) is 32.9 Å². The number of nitro groups is 1. The number of rotatable bonds is 7. The zero-order valence-corrected chi connectivity index (χ0v) is 18.0. The number of esters is 1. The molecule has 0 saturated heterocycles. The van der Waals surface area contributed by atoms with Gasteiger partial charge in [-0.3, -0.25) is 15.0 Å². The summed E-state index contributed by atoms with van der Waals surface area (Å²) in [6.07, 6.45) is -5.91. The Labute approximate surface area is 196 Å². The van der Waals surface area contributed by atoms with Crippen LogP contribution < -0.4 is 14.4 Å². The van der Waals surface area contributed by atoms with Crippen molar-refractivity contribution in [3.05, 3.63) is 94.0 Å². The van der Waals surface area contributed by atoms with E-state index in [1.807, 2.05) is 0 Å². The van der Waals surface area contributed by atoms with Crippen molar-refractivity contribution in [1.82, 2.24) is 0 Å². The number of ether oxygens (including phenoxy) is 3. The Morgan fingerprint density at radius 1 is 0.971 bits per heavy atom. The highest BCUT2D eigenvalue weighted by Crippen LogP contribution is 2.29. The van der Waals surface area contributed by atoms with E-state index in [1.165, 1.54) is 55.6 Å². The number of carbonyl (C=O) groups is 2. The Kier molecular flexibility index (Phi) is 7.54. The molecule has 0 fully saturated rings. The van der Waals surface area contributed by atoms with Gasteiger partial charge >= 0.3 is 18.4 Å². The summed E-state index contributed by atoms with van der Waals surface area (Å²) in [5.74, 6) is -1.14. The second kappa shape index (κ2) is 10.5. The van der Waals surface area contributed by atoms with E-state index in [0.29, 0.717) is 5.56 Å². The first-order valence-electron chi connectivity index (χ1n) is 9.82. The van der Waals surface area contributed by atoms with Crippen LogP contribution in [0.3, 0.4) is 0 Å². The third kappa shape index (κ3) is 6.93. The van der Waals surface area contributed by atoms with Gasteiger partial charge in [0.05, 0.1) is 29.8 Å². The Bertz CT molecular complexity index is 1210. The monoisotopic (exact) mass is 490 g/mol. The first-order chi connectivity index (χ1) is 16.6. The highest BCUT2D eigenvalue weighted by molar-refractivity contribution is 5.90. The van der Waals surface area contributed by atoms with E-state index in [-0.39, 0.29) is 29.2 Å². The summed E-state index contributed by atoms with van der Waals surface area (Å²) >= 11 is 0. The van der Waals surface area contributed by atoms with E-state index in [2.05, 4.69) is 9.47 Å². The maximum absolute atomic E-state index is 13.0. The van der Waals surface area contributed by atoms with Crippen LogP contribution in [0.1, 0.15) is 15.9 Å². The molecule has 1 amide bonds. The molecular formula is C23H17F3N2O7. The predicted molar refractivity (Wildman–Crippen MR) is 116 cm³/mol. The number of nitrogens with zero attached hydrogens (tertiary/aromatic N) is 2. The number of benzene rings is 3. The summed E-state index contributed by atoms with van der Waals surface area (Å²) in [5, 5.41) is 10.8. The smallest absolute Gasteiger partial charge is 0.465 e. The average Bonchev–Trinajstić information content (AvgIpc) is 2.81. The first kappa shape index (κ1) is 25.0. The van der Waals surface area contributed by atoms with E-state index in [0.717, 1.165) is 29.2 Å². The van der Waals surface area contributed by atoms with Crippen LogP contribution in [0.25, 0.3) is 0 Å². The molecule has 0 aliphatic carbocycles. The molecule has 0 bridgehead atoms. The number of nitro benzene ring substituents is 1. The number of alkyl halides is 3. The van der Waals surface area contributed by atoms with Gasteiger partial charge in [-0.05, 0) is 42.0 Å². The van der Waals surface area contributed by atoms with Gasteiger partial charge in [0.2, 0.25) is 0 Å². The Balaban J connectivity index is 1.90. The van der Waals surface area contributed by atoms with Crippen molar-refractivity contribution < 1.29 is 41.9 Å². The molecule has 0 aliphatic heterocycles. The Morgan fingerprint density at radius 3 is 2.20 bits per heavy atom. The molecule has 3 rings (SSSR count). The molecule has 0 saturated carbocycles. The third-order valence-electron chi connectivity index (χ3n) is 4.55. The van der Waals surface area contributed by atoms with Crippen molar-refractivity contribution in [1.29, 1.82) is 0 Å². The Hall–Kier alpha value is -4.61. The first-order valence-corrected chi connectivity index (χ1v) is 9.82. The number of halogens is 3. The fourth-order valence-electron chi connectivity index (χ4n) is 2.95. The summed E-state index contributed by atoms with van der Waals surface area (Å²) < 4.78 is 51.9. The van der Waals surface area contributed by atoms with E-state index in [4.69, 9.17) is 4.74 Å². The second-order valence-electron chi connectivity index (χ2n) is 6.94. The lowest BCUT2D eigenvalue weighted by Gasteiger charge is -2.23. The van der Waals surface area contributed by atoms with Crippen LogP contribution in [0.5, 0.6) is 11.5 Å². The number of hydrogen-bond acceptors (Lipinski definition) is 7. The fraction of sp³-hybridized carbons (Fsp3) is 0.130. The maximum Gasteiger partial charge on any atom is 0.573 e. The molecule has 3 aromatic carbocycles. The third-order valence-corrected chi connectivity index (χ3v) is 4.55. The van der Waals surface area contributed by atoms with Crippen molar-refractivity contribution in [2.24, 2.45) is 0 Å². The van der Waals surface area contributed by atoms with Gasteiger partial charge in [0.25, 0.3) is 5.69 Å². The van der Waals surface area contributed by atoms with Crippen LogP contribution in [0.15, 0.2) is 72.8 Å². The standard InChI is InChI=1S/C23H17F3N2O7/c1-33-21(29)16-7-5-15(6-8-16)14-27(18-3-2-4-20(13-18)35-23(24,25)26)22(30)34-19-11-9-17(10-12-19)28(31)32/h2-13H,14H2,1H3. The molecule has 12 heteroatoms. The van der Waals surface area contributed by atoms with Gasteiger partial charge in [-0.1, -0.05) is 18.2 Å². The van der Waals surface area contributed by atoms with Crippen molar-refractivity contribution in [2.45, 2.75) is 12.9 Å². The highest BCUT2D eigenvalue weighted by atomic mass is 19.4. The minimum absolute atomic E-state index is 0.0191. The molecule has 0 spiro atoms. The predicted octanol–water partition coefficient (Wildman–Crippen LogP) is 5.49. The van der Waals surface area contributed by atoms with E-state index in [1.54, 1.807) is 0 Å². The van der Waals surface area contributed by atoms with Gasteiger partial charge in [-0.15, -0.1) is 13.2 Å². The molecule has 0 N–H and O–H groups in total. The van der Waals surface area contributed by atoms with Crippen molar-refractivity contribution in [2.75, 3.05) is 12.0 Å². The number of amides is 1. The number of methoxy groups -OCH3 is 1. The number of hydrogen-bond donors (Lipinski definition) is 0. The van der Waals surface area contributed by atoms with Gasteiger partial charge in [0.1, 0.15) is 11.5 Å². The average molecular weight is 490 g/mol. The van der Waals surface area contributed by atoms with Crippen LogP contribution in [0.2, 0.25) is 0 Å². The molecule has 0 unspecified atom stereocenters. The fourth-order valence-corrected chi connectivity index (χ4v) is 2.95. The molecule has 0 radical (unpaired) electrons. The molecule has 0 aliphatic rings. The number of anilines is 1. The minimum Gasteiger partial charge on any atom is -0.465 e. The van der Waals surface area contributed by atoms with Crippen LogP contribution in [0.4, 0.5) is 29.3 Å². The number of carbonyl (C=O) groups excluding carboxylic acids is 2. The zero-order valence-electron chi connectivity index (χ0n) is 18.0. The van der Waals surface area contributed by atoms with E-state index >= 15 is 0 Å². The van der Waals surface area contributed by atoms with Crippen molar-refractivity contribution in [3.63, 3.8) is 0 Å². The van der Waals surface area contributed by atoms with Gasteiger partial charge in [0.15, 0.2) is 0 Å². The van der Waals surface area contributed by atoms with Gasteiger partial charge in [0, 0.05) is 18.2 Å². The SMILES string of the molecule is COC(=O)c1ccc(CN(C(=O)Oc2ccc([N+](=O)[O-])cc2)c2cccc(OC(F)(F)F)c2)cc1. The Morgan fingerprint density at radius 2 is 1.63 bits per heavy atom. The van der Waals surface area contributed by atoms with Crippen molar-refractivity contribution >= 4 is 23.4 Å². The van der Waals surface area contributed by atoms with Crippen LogP contribution >= 0.6 is 0 Å². The summed E-state index contributed by atoms with van der Waals surface area (Å²) in [6, 6.07) is 15.4. The lowest BCUT2D eigenvalue weighted by molar-refractivity contribution is -0.384. The van der Waals surface area contributed by atoms with E-state index < -0.39 is 29.1 Å². The molecule has 0 aromatic heterocycles. The highest BCUT2D eigenvalue weighted by Gasteiger charge is 2.31. The summed E-state index contributed by atoms with van der Waals surface area (Å²) in [4.78, 5) is 35.9. The second-order valence-corrected chi connectivity index (χ2v) is 6.94. The molecule has 0 heterocycles. The van der Waals surface area contributed by atoms with Gasteiger partial charge in [-0.2, -0.15) is 0 Å². The number of non-ortho nitro benzene ring substituents is 1. The van der Waals surface area contributed by atoms with Gasteiger partial charge in [-0.25, -0.2) is 9.59 Å². The van der Waals surface area contributed by atoms with Crippen LogP contribution in [0, 0.1) is 10.1 Å². The quantitative estimate of drug-likeness (QED) is 0.245. The zero-order chi connectivity index (χ0) is 25.6. The molecule has 9 nitrogen and oxygen atoms in total. The van der Waals surface area contributed by atoms with Crippen LogP contribution in [-0.4, -0.2) is 30.5 Å². The lowest BCUT2D eigenvalue weighted by Crippen LogP contribution is -2.33. The van der Waals surface area contributed by atoms with Crippen LogP contribution in [-0.2, 0) is 11.3 Å². The summed E-state index contributed by atoms with van der Waals surface area (Å²) in [7, 11) is 1.22. The largest absolute Gasteiger partial charge is 0.573 e.